The van der Waals surface area contributed by atoms with Crippen molar-refractivity contribution in [2.45, 2.75) is 58.1 Å². The molecule has 2 N–H and O–H groups in total. The van der Waals surface area contributed by atoms with E-state index in [1.807, 2.05) is 0 Å². The van der Waals surface area contributed by atoms with Gasteiger partial charge in [0.1, 0.15) is 23.0 Å². The van der Waals surface area contributed by atoms with Crippen molar-refractivity contribution in [2.24, 2.45) is 5.92 Å². The Hall–Kier alpha value is -4.68. The van der Waals surface area contributed by atoms with Gasteiger partial charge in [-0.2, -0.15) is 4.72 Å². The molecule has 0 bridgehead atoms. The van der Waals surface area contributed by atoms with Gasteiger partial charge < -0.3 is 23.9 Å². The second-order valence-electron chi connectivity index (χ2n) is 12.0. The van der Waals surface area contributed by atoms with E-state index in [0.29, 0.717) is 28.0 Å². The van der Waals surface area contributed by atoms with Crippen molar-refractivity contribution in [1.29, 1.82) is 0 Å². The van der Waals surface area contributed by atoms with Gasteiger partial charge in [0.05, 0.1) is 17.4 Å². The number of anilines is 1. The Balaban J connectivity index is 1.45. The number of methoxy groups -OCH3 is 1. The third kappa shape index (κ3) is 8.12. The topological polar surface area (TPSA) is 150 Å². The maximum Gasteiger partial charge on any atom is 0.343 e. The van der Waals surface area contributed by atoms with Crippen molar-refractivity contribution in [3.63, 3.8) is 0 Å². The lowest BCUT2D eigenvalue weighted by Gasteiger charge is -2.26. The number of rotatable bonds is 11. The fourth-order valence-corrected chi connectivity index (χ4v) is 5.95. The summed E-state index contributed by atoms with van der Waals surface area (Å²) in [5, 5.41) is 3.40. The van der Waals surface area contributed by atoms with Crippen LogP contribution >= 0.6 is 0 Å². The normalized spacial score (nSPS) is 12.5. The lowest BCUT2D eigenvalue weighted by atomic mass is 10.1. The minimum absolute atomic E-state index is 0.00870. The van der Waals surface area contributed by atoms with Crippen molar-refractivity contribution in [1.82, 2.24) is 4.72 Å². The van der Waals surface area contributed by atoms with E-state index < -0.39 is 39.5 Å². The maximum absolute atomic E-state index is 13.1. The summed E-state index contributed by atoms with van der Waals surface area (Å²) in [6, 6.07) is 17.3. The van der Waals surface area contributed by atoms with Crippen LogP contribution < -0.4 is 14.8 Å². The first-order valence-electron chi connectivity index (χ1n) is 14.6. The molecule has 0 fully saturated rings. The molecule has 46 heavy (non-hydrogen) atoms. The Bertz CT molecular complexity index is 1840. The average Bonchev–Trinajstić information content (AvgIpc) is 3.35. The lowest BCUT2D eigenvalue weighted by Crippen LogP contribution is -2.47. The van der Waals surface area contributed by atoms with E-state index in [9.17, 15) is 22.8 Å². The van der Waals surface area contributed by atoms with Gasteiger partial charge in [-0.25, -0.2) is 13.2 Å². The number of sulfonamides is 1. The van der Waals surface area contributed by atoms with E-state index in [2.05, 4.69) is 14.8 Å². The van der Waals surface area contributed by atoms with Crippen LogP contribution in [0.1, 0.15) is 50.7 Å². The third-order valence-electron chi connectivity index (χ3n) is 6.95. The first-order chi connectivity index (χ1) is 21.6. The zero-order valence-electron chi connectivity index (χ0n) is 26.8. The lowest BCUT2D eigenvalue weighted by molar-refractivity contribution is -0.158. The van der Waals surface area contributed by atoms with Crippen LogP contribution in [0.2, 0.25) is 0 Å². The van der Waals surface area contributed by atoms with E-state index in [0.717, 1.165) is 11.1 Å². The van der Waals surface area contributed by atoms with E-state index in [1.54, 1.807) is 96.1 Å². The first kappa shape index (κ1) is 34.2. The van der Waals surface area contributed by atoms with Gasteiger partial charge >= 0.3 is 11.9 Å². The molecule has 0 spiro atoms. The van der Waals surface area contributed by atoms with E-state index in [4.69, 9.17) is 13.9 Å². The van der Waals surface area contributed by atoms with Crippen molar-refractivity contribution >= 4 is 44.5 Å². The average molecular weight is 651 g/mol. The summed E-state index contributed by atoms with van der Waals surface area (Å²) in [6.45, 7) is 10.1. The summed E-state index contributed by atoms with van der Waals surface area (Å²) in [6.07, 6.45) is 0. The highest BCUT2D eigenvalue weighted by Gasteiger charge is 2.32. The number of hydrogen-bond acceptors (Lipinski definition) is 9. The van der Waals surface area contributed by atoms with E-state index in [-0.39, 0.29) is 23.2 Å². The van der Waals surface area contributed by atoms with Gasteiger partial charge in [-0.15, -0.1) is 0 Å². The van der Waals surface area contributed by atoms with Gasteiger partial charge in [-0.05, 0) is 81.1 Å². The molecule has 11 nitrogen and oxygen atoms in total. The highest BCUT2D eigenvalue weighted by molar-refractivity contribution is 7.89. The number of amides is 1. The monoisotopic (exact) mass is 650 g/mol. The smallest absolute Gasteiger partial charge is 0.343 e. The van der Waals surface area contributed by atoms with Crippen molar-refractivity contribution in [2.75, 3.05) is 19.0 Å². The Kier molecular flexibility index (Phi) is 10.2. The Morgan fingerprint density at radius 2 is 1.52 bits per heavy atom. The summed E-state index contributed by atoms with van der Waals surface area (Å²) in [5.74, 6) is -1.47. The molecule has 244 valence electrons. The van der Waals surface area contributed by atoms with Crippen molar-refractivity contribution < 1.29 is 41.4 Å². The molecule has 1 amide bonds. The van der Waals surface area contributed by atoms with E-state index in [1.165, 1.54) is 19.2 Å². The van der Waals surface area contributed by atoms with Crippen LogP contribution in [0.4, 0.5) is 5.69 Å². The Morgan fingerprint density at radius 1 is 0.913 bits per heavy atom. The zero-order valence-corrected chi connectivity index (χ0v) is 27.6. The van der Waals surface area contributed by atoms with Crippen molar-refractivity contribution in [3.8, 4) is 16.9 Å². The maximum atomic E-state index is 13.1. The molecular formula is C34H38N2O9S. The number of aryl methyl sites for hydroxylation is 1. The number of ether oxygens (including phenoxy) is 3. The van der Waals surface area contributed by atoms with Crippen LogP contribution in [0.15, 0.2) is 76.0 Å². The summed E-state index contributed by atoms with van der Waals surface area (Å²) < 4.78 is 50.1. The summed E-state index contributed by atoms with van der Waals surface area (Å²) in [4.78, 5) is 37.3. The SMILES string of the molecule is COC(=O)COc1cccc2oc(C(=O)Nc3ccc(-c4ccc(S(=O)(=O)NC(C(=O)OC(C)(C)C)C(C)C)cc4)cc3)c(C)c12. The molecule has 4 aromatic rings. The molecular weight excluding hydrogens is 612 g/mol. The molecule has 12 heteroatoms. The second-order valence-corrected chi connectivity index (χ2v) is 13.7. The number of carbonyl (C=O) groups excluding carboxylic acids is 3. The third-order valence-corrected chi connectivity index (χ3v) is 8.40. The van der Waals surface area contributed by atoms with Gasteiger partial charge in [0.2, 0.25) is 10.0 Å². The van der Waals surface area contributed by atoms with Crippen LogP contribution in [0.5, 0.6) is 5.75 Å². The van der Waals surface area contributed by atoms with Gasteiger partial charge in [0, 0.05) is 11.3 Å². The van der Waals surface area contributed by atoms with Crippen LogP contribution in [0, 0.1) is 12.8 Å². The van der Waals surface area contributed by atoms with Gasteiger partial charge in [0.15, 0.2) is 12.4 Å². The summed E-state index contributed by atoms with van der Waals surface area (Å²) >= 11 is 0. The van der Waals surface area contributed by atoms with Crippen molar-refractivity contribution in [3.05, 3.63) is 78.1 Å². The molecule has 3 aromatic carbocycles. The number of furan rings is 1. The Labute approximate surface area is 268 Å². The number of hydrogen-bond donors (Lipinski definition) is 2. The molecule has 1 unspecified atom stereocenters. The number of nitrogens with one attached hydrogen (secondary N) is 2. The molecule has 4 rings (SSSR count). The Morgan fingerprint density at radius 3 is 2.09 bits per heavy atom. The highest BCUT2D eigenvalue weighted by Crippen LogP contribution is 2.34. The number of carbonyl (C=O) groups is 3. The zero-order chi connectivity index (χ0) is 33.8. The standard InChI is InChI=1S/C34H38N2O9S/c1-20(2)30(33(39)45-34(4,5)6)36-46(40,41)25-17-13-23(14-18-25)22-11-15-24(16-12-22)35-32(38)31-21(3)29-26(43-19-28(37)42-7)9-8-10-27(29)44-31/h8-18,20,30,36H,19H2,1-7H3,(H,35,38). The fraction of sp³-hybridized carbons (Fsp3) is 0.324. The molecule has 0 saturated heterocycles. The summed E-state index contributed by atoms with van der Waals surface area (Å²) in [7, 11) is -2.74. The van der Waals surface area contributed by atoms with Crippen LogP contribution in [0.3, 0.4) is 0 Å². The van der Waals surface area contributed by atoms with Crippen LogP contribution in [0.25, 0.3) is 22.1 Å². The quantitative estimate of drug-likeness (QED) is 0.190. The minimum atomic E-state index is -4.01. The molecule has 1 heterocycles. The van der Waals surface area contributed by atoms with Gasteiger partial charge in [0.25, 0.3) is 5.91 Å². The van der Waals surface area contributed by atoms with Crippen LogP contribution in [-0.2, 0) is 29.1 Å². The molecule has 0 aliphatic heterocycles. The molecule has 1 atom stereocenters. The summed E-state index contributed by atoms with van der Waals surface area (Å²) in [5.41, 5.74) is 2.29. The highest BCUT2D eigenvalue weighted by atomic mass is 32.2. The largest absolute Gasteiger partial charge is 0.481 e. The number of esters is 2. The molecule has 0 aliphatic rings. The molecule has 1 aromatic heterocycles. The number of benzene rings is 3. The van der Waals surface area contributed by atoms with Gasteiger partial charge in [-0.3, -0.25) is 9.59 Å². The fourth-order valence-electron chi connectivity index (χ4n) is 4.62. The second kappa shape index (κ2) is 13.8. The first-order valence-corrected chi connectivity index (χ1v) is 16.1. The number of fused-ring (bicyclic) bond motifs is 1. The molecule has 0 radical (unpaired) electrons. The molecule has 0 saturated carbocycles. The van der Waals surface area contributed by atoms with Gasteiger partial charge in [-0.1, -0.05) is 44.2 Å². The predicted octanol–water partition coefficient (Wildman–Crippen LogP) is 5.86. The van der Waals surface area contributed by atoms with Crippen LogP contribution in [-0.4, -0.2) is 51.6 Å². The van der Waals surface area contributed by atoms with E-state index >= 15 is 0 Å². The molecule has 0 aliphatic carbocycles. The minimum Gasteiger partial charge on any atom is -0.481 e. The predicted molar refractivity (Wildman–Crippen MR) is 173 cm³/mol.